The topological polar surface area (TPSA) is 20.2 Å². The van der Waals surface area contributed by atoms with Crippen LogP contribution in [0.25, 0.3) is 0 Å². The number of allylic oxidation sites excluding steroid dienone is 5. The van der Waals surface area contributed by atoms with Gasteiger partial charge in [0.15, 0.2) is 0 Å². The van der Waals surface area contributed by atoms with Gasteiger partial charge in [0.25, 0.3) is 0 Å². The molecule has 0 aliphatic carbocycles. The third-order valence-corrected chi connectivity index (χ3v) is 2.72. The van der Waals surface area contributed by atoms with Crippen LogP contribution in [0.5, 0.6) is 0 Å². The predicted molar refractivity (Wildman–Crippen MR) is 77.3 cm³/mol. The standard InChI is InChI=1S/C16H28O/c1-2-3-4-5-6-7-8-9-10-11-12-13-14-15-16-17/h6-7,13-17H,2-5,8-12H2,1H3. The van der Waals surface area contributed by atoms with Gasteiger partial charge in [0.1, 0.15) is 0 Å². The SMILES string of the molecule is CCCCCC=CCCCCCC=CC=CO. The van der Waals surface area contributed by atoms with Crippen LogP contribution in [0, 0.1) is 0 Å². The van der Waals surface area contributed by atoms with Gasteiger partial charge in [0, 0.05) is 0 Å². The van der Waals surface area contributed by atoms with Crippen molar-refractivity contribution in [2.75, 3.05) is 0 Å². The molecule has 0 heterocycles. The first-order valence-electron chi connectivity index (χ1n) is 7.02. The molecule has 0 aromatic rings. The smallest absolute Gasteiger partial charge is 0.0791 e. The number of hydrogen-bond acceptors (Lipinski definition) is 1. The zero-order valence-electron chi connectivity index (χ0n) is 11.3. The second-order valence-electron chi connectivity index (χ2n) is 4.37. The molecule has 0 amide bonds. The van der Waals surface area contributed by atoms with Crippen LogP contribution < -0.4 is 0 Å². The van der Waals surface area contributed by atoms with Crippen molar-refractivity contribution in [3.8, 4) is 0 Å². The third kappa shape index (κ3) is 15.0. The fourth-order valence-corrected chi connectivity index (χ4v) is 1.67. The normalized spacial score (nSPS) is 12.3. The van der Waals surface area contributed by atoms with Crippen LogP contribution in [0.3, 0.4) is 0 Å². The Labute approximate surface area is 107 Å². The molecule has 0 fully saturated rings. The van der Waals surface area contributed by atoms with Crippen molar-refractivity contribution in [3.05, 3.63) is 36.6 Å². The van der Waals surface area contributed by atoms with Gasteiger partial charge in [0.05, 0.1) is 6.26 Å². The highest BCUT2D eigenvalue weighted by molar-refractivity contribution is 4.98. The second-order valence-corrected chi connectivity index (χ2v) is 4.37. The lowest BCUT2D eigenvalue weighted by Crippen LogP contribution is -1.75. The van der Waals surface area contributed by atoms with Gasteiger partial charge in [-0.1, -0.05) is 50.5 Å². The summed E-state index contributed by atoms with van der Waals surface area (Å²) in [5.41, 5.74) is 0. The molecule has 0 saturated carbocycles. The molecule has 0 radical (unpaired) electrons. The van der Waals surface area contributed by atoms with E-state index < -0.39 is 0 Å². The molecule has 1 N–H and O–H groups in total. The molecule has 17 heavy (non-hydrogen) atoms. The first-order chi connectivity index (χ1) is 8.41. The summed E-state index contributed by atoms with van der Waals surface area (Å²) in [6.45, 7) is 2.24. The molecule has 98 valence electrons. The Hall–Kier alpha value is -0.980. The molecule has 0 unspecified atom stereocenters. The largest absolute Gasteiger partial charge is 0.516 e. The fraction of sp³-hybridized carbons (Fsp3) is 0.625. The van der Waals surface area contributed by atoms with Gasteiger partial charge in [-0.25, -0.2) is 0 Å². The Morgan fingerprint density at radius 1 is 0.706 bits per heavy atom. The van der Waals surface area contributed by atoms with Gasteiger partial charge >= 0.3 is 0 Å². The van der Waals surface area contributed by atoms with Crippen LogP contribution in [0.15, 0.2) is 36.6 Å². The van der Waals surface area contributed by atoms with Gasteiger partial charge in [-0.3, -0.25) is 0 Å². The lowest BCUT2D eigenvalue weighted by atomic mass is 10.1. The number of unbranched alkanes of at least 4 members (excludes halogenated alkanes) is 7. The molecular weight excluding hydrogens is 208 g/mol. The van der Waals surface area contributed by atoms with Crippen molar-refractivity contribution in [1.82, 2.24) is 0 Å². The number of rotatable bonds is 11. The first kappa shape index (κ1) is 16.0. The van der Waals surface area contributed by atoms with Crippen molar-refractivity contribution >= 4 is 0 Å². The summed E-state index contributed by atoms with van der Waals surface area (Å²) < 4.78 is 0. The van der Waals surface area contributed by atoms with E-state index in [-0.39, 0.29) is 0 Å². The van der Waals surface area contributed by atoms with E-state index in [2.05, 4.69) is 25.2 Å². The molecule has 0 aliphatic heterocycles. The second kappa shape index (κ2) is 15.0. The maximum Gasteiger partial charge on any atom is 0.0791 e. The van der Waals surface area contributed by atoms with Crippen molar-refractivity contribution in [3.63, 3.8) is 0 Å². The highest BCUT2D eigenvalue weighted by Crippen LogP contribution is 2.06. The molecule has 1 heteroatoms. The highest BCUT2D eigenvalue weighted by atomic mass is 16.2. The van der Waals surface area contributed by atoms with E-state index in [1.807, 2.05) is 6.08 Å². The Bertz CT molecular complexity index is 214. The zero-order valence-corrected chi connectivity index (χ0v) is 11.3. The monoisotopic (exact) mass is 236 g/mol. The molecular formula is C16H28O. The average Bonchev–Trinajstić information content (AvgIpc) is 2.35. The van der Waals surface area contributed by atoms with Gasteiger partial charge in [-0.05, 0) is 44.6 Å². The summed E-state index contributed by atoms with van der Waals surface area (Å²) in [4.78, 5) is 0. The summed E-state index contributed by atoms with van der Waals surface area (Å²) in [6, 6.07) is 0. The summed E-state index contributed by atoms with van der Waals surface area (Å²) in [6.07, 6.45) is 22.9. The minimum atomic E-state index is 1.07. The Balaban J connectivity index is 3.12. The summed E-state index contributed by atoms with van der Waals surface area (Å²) >= 11 is 0. The molecule has 0 aromatic heterocycles. The van der Waals surface area contributed by atoms with E-state index in [4.69, 9.17) is 5.11 Å². The molecule has 1 nitrogen and oxygen atoms in total. The van der Waals surface area contributed by atoms with Gasteiger partial charge in [-0.2, -0.15) is 0 Å². The van der Waals surface area contributed by atoms with Crippen LogP contribution >= 0.6 is 0 Å². The summed E-state index contributed by atoms with van der Waals surface area (Å²) in [5, 5.41) is 8.40. The van der Waals surface area contributed by atoms with Crippen LogP contribution in [-0.4, -0.2) is 5.11 Å². The van der Waals surface area contributed by atoms with E-state index in [9.17, 15) is 0 Å². The van der Waals surface area contributed by atoms with Crippen LogP contribution in [-0.2, 0) is 0 Å². The van der Waals surface area contributed by atoms with Crippen molar-refractivity contribution < 1.29 is 5.11 Å². The molecule has 0 aliphatic rings. The van der Waals surface area contributed by atoms with Crippen molar-refractivity contribution in [2.24, 2.45) is 0 Å². The summed E-state index contributed by atoms with van der Waals surface area (Å²) in [5.74, 6) is 0. The van der Waals surface area contributed by atoms with Crippen LogP contribution in [0.4, 0.5) is 0 Å². The number of aliphatic hydroxyl groups is 1. The first-order valence-corrected chi connectivity index (χ1v) is 7.02. The summed E-state index contributed by atoms with van der Waals surface area (Å²) in [7, 11) is 0. The minimum absolute atomic E-state index is 1.07. The maximum atomic E-state index is 8.40. The number of hydrogen-bond donors (Lipinski definition) is 1. The third-order valence-electron chi connectivity index (χ3n) is 2.72. The lowest BCUT2D eigenvalue weighted by molar-refractivity contribution is 0.473. The van der Waals surface area contributed by atoms with Crippen molar-refractivity contribution in [2.45, 2.75) is 64.7 Å². The van der Waals surface area contributed by atoms with E-state index >= 15 is 0 Å². The maximum absolute atomic E-state index is 8.40. The quantitative estimate of drug-likeness (QED) is 0.211. The Kier molecular flexibility index (Phi) is 14.2. The van der Waals surface area contributed by atoms with E-state index in [1.54, 1.807) is 6.08 Å². The van der Waals surface area contributed by atoms with Gasteiger partial charge in [-0.15, -0.1) is 0 Å². The van der Waals surface area contributed by atoms with Crippen LogP contribution in [0.1, 0.15) is 64.7 Å². The van der Waals surface area contributed by atoms with Crippen molar-refractivity contribution in [1.29, 1.82) is 0 Å². The molecule has 0 bridgehead atoms. The van der Waals surface area contributed by atoms with Gasteiger partial charge < -0.3 is 5.11 Å². The molecule has 0 saturated heterocycles. The lowest BCUT2D eigenvalue weighted by Gasteiger charge is -1.95. The van der Waals surface area contributed by atoms with E-state index in [0.29, 0.717) is 0 Å². The highest BCUT2D eigenvalue weighted by Gasteiger charge is 1.86. The number of aliphatic hydroxyl groups excluding tert-OH is 1. The average molecular weight is 236 g/mol. The van der Waals surface area contributed by atoms with E-state index in [0.717, 1.165) is 12.7 Å². The Morgan fingerprint density at radius 2 is 1.29 bits per heavy atom. The Morgan fingerprint density at radius 3 is 1.88 bits per heavy atom. The molecule has 0 spiro atoms. The molecule has 0 rings (SSSR count). The molecule has 0 atom stereocenters. The molecule has 0 aromatic carbocycles. The fourth-order valence-electron chi connectivity index (χ4n) is 1.67. The predicted octanol–water partition coefficient (Wildman–Crippen LogP) is 5.70. The van der Waals surface area contributed by atoms with Crippen LogP contribution in [0.2, 0.25) is 0 Å². The minimum Gasteiger partial charge on any atom is -0.516 e. The van der Waals surface area contributed by atoms with E-state index in [1.165, 1.54) is 51.4 Å². The van der Waals surface area contributed by atoms with Gasteiger partial charge in [0.2, 0.25) is 0 Å². The zero-order chi connectivity index (χ0) is 12.6.